The van der Waals surface area contributed by atoms with Gasteiger partial charge in [-0.1, -0.05) is 5.92 Å². The third kappa shape index (κ3) is 6.50. The van der Waals surface area contributed by atoms with Crippen molar-refractivity contribution in [3.63, 3.8) is 0 Å². The third-order valence-corrected chi connectivity index (χ3v) is 1.73. The van der Waals surface area contributed by atoms with Crippen LogP contribution in [-0.4, -0.2) is 24.0 Å². The highest BCUT2D eigenvalue weighted by Gasteiger charge is 2.12. The van der Waals surface area contributed by atoms with Gasteiger partial charge in [0.1, 0.15) is 0 Å². The predicted molar refractivity (Wildman–Crippen MR) is 58.8 cm³/mol. The van der Waals surface area contributed by atoms with E-state index in [1.807, 2.05) is 27.7 Å². The van der Waals surface area contributed by atoms with Gasteiger partial charge in [-0.25, -0.2) is 0 Å². The van der Waals surface area contributed by atoms with Crippen LogP contribution in [0.4, 0.5) is 0 Å². The summed E-state index contributed by atoms with van der Waals surface area (Å²) in [7, 11) is 0. The van der Waals surface area contributed by atoms with Crippen molar-refractivity contribution in [3.05, 3.63) is 0 Å². The monoisotopic (exact) mass is 196 g/mol. The lowest BCUT2D eigenvalue weighted by Crippen LogP contribution is -2.40. The summed E-state index contributed by atoms with van der Waals surface area (Å²) in [5, 5.41) is 5.93. The summed E-state index contributed by atoms with van der Waals surface area (Å²) < 4.78 is 0. The largest absolute Gasteiger partial charge is 0.354 e. The Hall–Kier alpha value is -1.01. The lowest BCUT2D eigenvalue weighted by atomic mass is 10.1. The number of terminal acetylenes is 1. The predicted octanol–water partition coefficient (Wildman–Crippen LogP) is 0.902. The molecule has 0 radical (unpaired) electrons. The van der Waals surface area contributed by atoms with Crippen LogP contribution < -0.4 is 10.6 Å². The van der Waals surface area contributed by atoms with Gasteiger partial charge in [0, 0.05) is 19.0 Å². The Balaban J connectivity index is 3.66. The fraction of sp³-hybridized carbons (Fsp3) is 0.727. The molecule has 2 N–H and O–H groups in total. The van der Waals surface area contributed by atoms with E-state index in [4.69, 9.17) is 6.42 Å². The SMILES string of the molecule is C#CC(C)(C)NCCC(=O)NC(C)C. The molecule has 0 atom stereocenters. The molecular formula is C11H20N2O. The molecule has 3 nitrogen and oxygen atoms in total. The first-order valence-electron chi connectivity index (χ1n) is 4.89. The van der Waals surface area contributed by atoms with Gasteiger partial charge in [0.15, 0.2) is 0 Å². The number of hydrogen-bond acceptors (Lipinski definition) is 2. The van der Waals surface area contributed by atoms with Crippen LogP contribution in [0.25, 0.3) is 0 Å². The highest BCUT2D eigenvalue weighted by Crippen LogP contribution is 1.98. The Morgan fingerprint density at radius 1 is 1.50 bits per heavy atom. The van der Waals surface area contributed by atoms with Crippen LogP contribution in [0.5, 0.6) is 0 Å². The molecular weight excluding hydrogens is 176 g/mol. The molecule has 3 heteroatoms. The summed E-state index contributed by atoms with van der Waals surface area (Å²) in [6.07, 6.45) is 5.75. The van der Waals surface area contributed by atoms with E-state index in [1.54, 1.807) is 0 Å². The van der Waals surface area contributed by atoms with Crippen molar-refractivity contribution < 1.29 is 4.79 Å². The van der Waals surface area contributed by atoms with E-state index in [0.717, 1.165) is 0 Å². The Labute approximate surface area is 86.6 Å². The molecule has 0 aromatic carbocycles. The number of rotatable bonds is 5. The highest BCUT2D eigenvalue weighted by molar-refractivity contribution is 5.76. The van der Waals surface area contributed by atoms with Gasteiger partial charge in [0.25, 0.3) is 0 Å². The van der Waals surface area contributed by atoms with Crippen LogP contribution in [0.1, 0.15) is 34.1 Å². The maximum Gasteiger partial charge on any atom is 0.221 e. The Morgan fingerprint density at radius 3 is 2.50 bits per heavy atom. The lowest BCUT2D eigenvalue weighted by molar-refractivity contribution is -0.121. The molecule has 0 heterocycles. The van der Waals surface area contributed by atoms with Crippen molar-refractivity contribution in [2.45, 2.75) is 45.7 Å². The maximum absolute atomic E-state index is 11.2. The fourth-order valence-corrected chi connectivity index (χ4v) is 0.934. The van der Waals surface area contributed by atoms with Crippen LogP contribution in [-0.2, 0) is 4.79 Å². The minimum Gasteiger partial charge on any atom is -0.354 e. The topological polar surface area (TPSA) is 41.1 Å². The zero-order chi connectivity index (χ0) is 11.2. The third-order valence-electron chi connectivity index (χ3n) is 1.73. The number of amides is 1. The van der Waals surface area contributed by atoms with Crippen molar-refractivity contribution >= 4 is 5.91 Å². The normalized spacial score (nSPS) is 11.1. The number of carbonyl (C=O) groups is 1. The zero-order valence-corrected chi connectivity index (χ0v) is 9.48. The van der Waals surface area contributed by atoms with Crippen LogP contribution in [0.3, 0.4) is 0 Å². The van der Waals surface area contributed by atoms with Crippen molar-refractivity contribution in [1.29, 1.82) is 0 Å². The van der Waals surface area contributed by atoms with Gasteiger partial charge in [0.2, 0.25) is 5.91 Å². The van der Waals surface area contributed by atoms with Gasteiger partial charge in [-0.3, -0.25) is 4.79 Å². The van der Waals surface area contributed by atoms with Crippen molar-refractivity contribution in [1.82, 2.24) is 10.6 Å². The second-order valence-electron chi connectivity index (χ2n) is 4.17. The van der Waals surface area contributed by atoms with Crippen LogP contribution in [0.15, 0.2) is 0 Å². The first-order valence-corrected chi connectivity index (χ1v) is 4.89. The number of hydrogen-bond donors (Lipinski definition) is 2. The molecule has 0 bridgehead atoms. The molecule has 0 aliphatic heterocycles. The van der Waals surface area contributed by atoms with Gasteiger partial charge in [-0.05, 0) is 27.7 Å². The van der Waals surface area contributed by atoms with E-state index in [-0.39, 0.29) is 17.5 Å². The molecule has 0 spiro atoms. The van der Waals surface area contributed by atoms with E-state index in [9.17, 15) is 4.79 Å². The molecule has 0 fully saturated rings. The van der Waals surface area contributed by atoms with Gasteiger partial charge in [0.05, 0.1) is 5.54 Å². The summed E-state index contributed by atoms with van der Waals surface area (Å²) >= 11 is 0. The van der Waals surface area contributed by atoms with Crippen molar-refractivity contribution in [2.24, 2.45) is 0 Å². The Bertz CT molecular complexity index is 226. The number of carbonyl (C=O) groups excluding carboxylic acids is 1. The summed E-state index contributed by atoms with van der Waals surface area (Å²) in [5.41, 5.74) is -0.335. The van der Waals surface area contributed by atoms with Gasteiger partial charge >= 0.3 is 0 Å². The second-order valence-corrected chi connectivity index (χ2v) is 4.17. The molecule has 0 aliphatic rings. The van der Waals surface area contributed by atoms with E-state index < -0.39 is 0 Å². The molecule has 0 rings (SSSR count). The van der Waals surface area contributed by atoms with E-state index in [2.05, 4.69) is 16.6 Å². The molecule has 80 valence electrons. The smallest absolute Gasteiger partial charge is 0.221 e. The molecule has 14 heavy (non-hydrogen) atoms. The Kier molecular flexibility index (Phi) is 5.26. The van der Waals surface area contributed by atoms with Crippen LogP contribution in [0.2, 0.25) is 0 Å². The summed E-state index contributed by atoms with van der Waals surface area (Å²) in [4.78, 5) is 11.2. The van der Waals surface area contributed by atoms with Gasteiger partial charge in [-0.2, -0.15) is 0 Å². The summed E-state index contributed by atoms with van der Waals surface area (Å²) in [5.74, 6) is 2.67. The zero-order valence-electron chi connectivity index (χ0n) is 9.48. The lowest BCUT2D eigenvalue weighted by Gasteiger charge is -2.19. The molecule has 0 aromatic rings. The van der Waals surface area contributed by atoms with E-state index in [0.29, 0.717) is 13.0 Å². The van der Waals surface area contributed by atoms with Crippen LogP contribution >= 0.6 is 0 Å². The molecule has 1 amide bonds. The van der Waals surface area contributed by atoms with Crippen molar-refractivity contribution in [2.75, 3.05) is 6.54 Å². The van der Waals surface area contributed by atoms with Gasteiger partial charge < -0.3 is 10.6 Å². The first kappa shape index (κ1) is 13.0. The summed E-state index contributed by atoms with van der Waals surface area (Å²) in [6, 6.07) is 0.197. The molecule has 0 aliphatic carbocycles. The quantitative estimate of drug-likeness (QED) is 0.642. The fourth-order valence-electron chi connectivity index (χ4n) is 0.934. The van der Waals surface area contributed by atoms with Crippen molar-refractivity contribution in [3.8, 4) is 12.3 Å². The highest BCUT2D eigenvalue weighted by atomic mass is 16.1. The first-order chi connectivity index (χ1) is 6.37. The maximum atomic E-state index is 11.2. The molecule has 0 aromatic heterocycles. The molecule has 0 saturated carbocycles. The average molecular weight is 196 g/mol. The van der Waals surface area contributed by atoms with Crippen LogP contribution in [0, 0.1) is 12.3 Å². The standard InChI is InChI=1S/C11H20N2O/c1-6-11(4,5)12-8-7-10(14)13-9(2)3/h1,9,12H,7-8H2,2-5H3,(H,13,14). The minimum atomic E-state index is -0.335. The van der Waals surface area contributed by atoms with E-state index >= 15 is 0 Å². The van der Waals surface area contributed by atoms with E-state index in [1.165, 1.54) is 0 Å². The Morgan fingerprint density at radius 2 is 2.07 bits per heavy atom. The second kappa shape index (κ2) is 5.66. The van der Waals surface area contributed by atoms with Gasteiger partial charge in [-0.15, -0.1) is 6.42 Å². The average Bonchev–Trinajstić information content (AvgIpc) is 2.02. The molecule has 0 unspecified atom stereocenters. The minimum absolute atomic E-state index is 0.0559. The molecule has 0 saturated heterocycles. The summed E-state index contributed by atoms with van der Waals surface area (Å²) in [6.45, 7) is 8.31. The number of nitrogens with one attached hydrogen (secondary N) is 2.